The van der Waals surface area contributed by atoms with Crippen LogP contribution in [0.5, 0.6) is 0 Å². The predicted molar refractivity (Wildman–Crippen MR) is 101 cm³/mol. The first-order valence-electron chi connectivity index (χ1n) is 8.71. The molecule has 0 aliphatic carbocycles. The molecular weight excluding hydrogens is 348 g/mol. The van der Waals surface area contributed by atoms with Crippen molar-refractivity contribution in [3.63, 3.8) is 0 Å². The van der Waals surface area contributed by atoms with Crippen molar-refractivity contribution in [2.24, 2.45) is 0 Å². The highest BCUT2D eigenvalue weighted by molar-refractivity contribution is 7.18. The first-order chi connectivity index (χ1) is 12.6. The molecule has 7 heteroatoms. The molecule has 0 aromatic carbocycles. The summed E-state index contributed by atoms with van der Waals surface area (Å²) in [6, 6.07) is 3.96. The van der Waals surface area contributed by atoms with Crippen molar-refractivity contribution >= 4 is 27.5 Å². The monoisotopic (exact) mass is 368 g/mol. The number of likely N-dealkylation sites (tertiary alicyclic amines) is 1. The van der Waals surface area contributed by atoms with Crippen molar-refractivity contribution in [3.8, 4) is 0 Å². The first-order valence-corrected chi connectivity index (χ1v) is 9.52. The largest absolute Gasteiger partial charge is 0.334 e. The number of fused-ring (bicyclic) bond motifs is 1. The Labute approximate surface area is 155 Å². The number of carbonyl (C=O) groups excluding carboxylic acids is 1. The summed E-state index contributed by atoms with van der Waals surface area (Å²) in [7, 11) is 0. The Hall–Kier alpha value is -2.54. The third-order valence-electron chi connectivity index (χ3n) is 5.13. The molecule has 1 atom stereocenters. The minimum Gasteiger partial charge on any atom is -0.334 e. The van der Waals surface area contributed by atoms with Crippen LogP contribution in [-0.4, -0.2) is 31.9 Å². The van der Waals surface area contributed by atoms with Crippen LogP contribution in [0.1, 0.15) is 34.9 Å². The number of aromatic nitrogens is 3. The molecule has 0 radical (unpaired) electrons. The van der Waals surface area contributed by atoms with Crippen LogP contribution in [0.4, 0.5) is 0 Å². The number of carbonyl (C=O) groups is 1. The Bertz CT molecular complexity index is 1030. The van der Waals surface area contributed by atoms with E-state index in [9.17, 15) is 9.59 Å². The van der Waals surface area contributed by atoms with E-state index in [0.717, 1.165) is 33.7 Å². The molecule has 0 spiro atoms. The smallest absolute Gasteiger partial charge is 0.262 e. The van der Waals surface area contributed by atoms with Gasteiger partial charge in [-0.05, 0) is 49.9 Å². The number of hydrogen-bond acceptors (Lipinski definition) is 5. The molecule has 134 valence electrons. The van der Waals surface area contributed by atoms with Crippen molar-refractivity contribution in [1.29, 1.82) is 0 Å². The van der Waals surface area contributed by atoms with Crippen LogP contribution in [0.2, 0.25) is 0 Å². The molecule has 6 nitrogen and oxygen atoms in total. The maximum atomic E-state index is 12.9. The normalized spacial score (nSPS) is 17.2. The van der Waals surface area contributed by atoms with Crippen LogP contribution in [0.15, 0.2) is 35.6 Å². The highest BCUT2D eigenvalue weighted by atomic mass is 32.1. The summed E-state index contributed by atoms with van der Waals surface area (Å²) in [5.41, 5.74) is 1.92. The third-order valence-corrected chi connectivity index (χ3v) is 6.24. The van der Waals surface area contributed by atoms with Crippen LogP contribution >= 0.6 is 11.3 Å². The summed E-state index contributed by atoms with van der Waals surface area (Å²) in [6.07, 6.45) is 6.90. The summed E-state index contributed by atoms with van der Waals surface area (Å²) in [5, 5.41) is 0.634. The average Bonchev–Trinajstić information content (AvgIpc) is 3.24. The summed E-state index contributed by atoms with van der Waals surface area (Å²) in [6.45, 7) is 4.66. The fourth-order valence-electron chi connectivity index (χ4n) is 3.62. The first kappa shape index (κ1) is 16.9. The molecule has 26 heavy (non-hydrogen) atoms. The summed E-state index contributed by atoms with van der Waals surface area (Å²) >= 11 is 1.52. The third kappa shape index (κ3) is 2.82. The molecule has 1 aliphatic rings. The van der Waals surface area contributed by atoms with Gasteiger partial charge in [-0.25, -0.2) is 4.98 Å². The van der Waals surface area contributed by atoms with Gasteiger partial charge in [0, 0.05) is 23.8 Å². The number of pyridine rings is 1. The zero-order chi connectivity index (χ0) is 18.3. The molecule has 4 heterocycles. The number of hydrogen-bond donors (Lipinski definition) is 0. The van der Waals surface area contributed by atoms with E-state index < -0.39 is 0 Å². The Morgan fingerprint density at radius 3 is 2.85 bits per heavy atom. The molecule has 1 aliphatic heterocycles. The molecule has 3 aromatic rings. The van der Waals surface area contributed by atoms with Gasteiger partial charge in [0.2, 0.25) is 5.91 Å². The van der Waals surface area contributed by atoms with Gasteiger partial charge in [0.1, 0.15) is 11.4 Å². The lowest BCUT2D eigenvalue weighted by Gasteiger charge is -2.25. The standard InChI is InChI=1S/C19H20N4O2S/c1-12-13(2)26-18-17(12)19(25)22(11-21-18)10-16(24)23-9-3-4-15(23)14-5-7-20-8-6-14/h5-8,11,15H,3-4,9-10H2,1-2H3. The topological polar surface area (TPSA) is 68.1 Å². The van der Waals surface area contributed by atoms with E-state index in [1.54, 1.807) is 12.4 Å². The number of rotatable bonds is 3. The quantitative estimate of drug-likeness (QED) is 0.713. The van der Waals surface area contributed by atoms with E-state index in [0.29, 0.717) is 11.9 Å². The van der Waals surface area contributed by atoms with Gasteiger partial charge in [-0.15, -0.1) is 11.3 Å². The maximum Gasteiger partial charge on any atom is 0.262 e. The van der Waals surface area contributed by atoms with Crippen molar-refractivity contribution in [1.82, 2.24) is 19.4 Å². The van der Waals surface area contributed by atoms with Gasteiger partial charge in [0.05, 0.1) is 17.8 Å². The zero-order valence-corrected chi connectivity index (χ0v) is 15.6. The number of thiophene rings is 1. The van der Waals surface area contributed by atoms with Crippen molar-refractivity contribution in [3.05, 3.63) is 57.2 Å². The van der Waals surface area contributed by atoms with Crippen molar-refractivity contribution < 1.29 is 4.79 Å². The van der Waals surface area contributed by atoms with E-state index >= 15 is 0 Å². The van der Waals surface area contributed by atoms with E-state index in [4.69, 9.17) is 0 Å². The van der Waals surface area contributed by atoms with Gasteiger partial charge in [-0.2, -0.15) is 0 Å². The average molecular weight is 368 g/mol. The molecule has 0 bridgehead atoms. The highest BCUT2D eigenvalue weighted by Gasteiger charge is 2.30. The molecule has 1 unspecified atom stereocenters. The minimum absolute atomic E-state index is 0.0255. The van der Waals surface area contributed by atoms with Crippen molar-refractivity contribution in [2.45, 2.75) is 39.3 Å². The predicted octanol–water partition coefficient (Wildman–Crippen LogP) is 2.83. The van der Waals surface area contributed by atoms with Crippen LogP contribution in [0, 0.1) is 13.8 Å². The van der Waals surface area contributed by atoms with Crippen LogP contribution < -0.4 is 5.56 Å². The molecule has 1 saturated heterocycles. The van der Waals surface area contributed by atoms with Gasteiger partial charge in [0.25, 0.3) is 5.56 Å². The lowest BCUT2D eigenvalue weighted by molar-refractivity contribution is -0.132. The second kappa shape index (κ2) is 6.64. The number of nitrogens with zero attached hydrogens (tertiary/aromatic N) is 4. The lowest BCUT2D eigenvalue weighted by atomic mass is 10.1. The Morgan fingerprint density at radius 1 is 1.31 bits per heavy atom. The molecule has 0 saturated carbocycles. The van der Waals surface area contributed by atoms with Crippen molar-refractivity contribution in [2.75, 3.05) is 6.54 Å². The molecule has 4 rings (SSSR count). The summed E-state index contributed by atoms with van der Waals surface area (Å²) in [5.74, 6) is -0.0443. The van der Waals surface area contributed by atoms with E-state index in [1.807, 2.05) is 30.9 Å². The fourth-order valence-corrected chi connectivity index (χ4v) is 4.60. The molecule has 1 fully saturated rings. The molecule has 3 aromatic heterocycles. The second-order valence-corrected chi connectivity index (χ2v) is 7.87. The Morgan fingerprint density at radius 2 is 2.08 bits per heavy atom. The van der Waals surface area contributed by atoms with E-state index in [-0.39, 0.29) is 24.1 Å². The zero-order valence-electron chi connectivity index (χ0n) is 14.8. The summed E-state index contributed by atoms with van der Waals surface area (Å²) in [4.78, 5) is 37.9. The molecular formula is C19H20N4O2S. The van der Waals surface area contributed by atoms with E-state index in [1.165, 1.54) is 22.2 Å². The Balaban J connectivity index is 1.62. The van der Waals surface area contributed by atoms with Gasteiger partial charge in [0.15, 0.2) is 0 Å². The summed E-state index contributed by atoms with van der Waals surface area (Å²) < 4.78 is 1.44. The van der Waals surface area contributed by atoms with E-state index in [2.05, 4.69) is 9.97 Å². The van der Waals surface area contributed by atoms with Gasteiger partial charge < -0.3 is 4.90 Å². The van der Waals surface area contributed by atoms with Gasteiger partial charge in [-0.1, -0.05) is 0 Å². The Kier molecular flexibility index (Phi) is 4.32. The lowest BCUT2D eigenvalue weighted by Crippen LogP contribution is -2.36. The van der Waals surface area contributed by atoms with Crippen LogP contribution in [-0.2, 0) is 11.3 Å². The van der Waals surface area contributed by atoms with Gasteiger partial charge in [-0.3, -0.25) is 19.1 Å². The number of amides is 1. The highest BCUT2D eigenvalue weighted by Crippen LogP contribution is 2.31. The van der Waals surface area contributed by atoms with Crippen LogP contribution in [0.25, 0.3) is 10.2 Å². The molecule has 0 N–H and O–H groups in total. The second-order valence-electron chi connectivity index (χ2n) is 6.67. The number of aryl methyl sites for hydroxylation is 2. The fraction of sp³-hybridized carbons (Fsp3) is 0.368. The maximum absolute atomic E-state index is 12.9. The van der Waals surface area contributed by atoms with Crippen LogP contribution in [0.3, 0.4) is 0 Å². The minimum atomic E-state index is -0.134. The van der Waals surface area contributed by atoms with Gasteiger partial charge >= 0.3 is 0 Å². The SMILES string of the molecule is Cc1sc2ncn(CC(=O)N3CCCC3c3ccncc3)c(=O)c2c1C. The molecule has 1 amide bonds.